The molecule has 0 unspecified atom stereocenters. The predicted octanol–water partition coefficient (Wildman–Crippen LogP) is 2.02. The van der Waals surface area contributed by atoms with Gasteiger partial charge in [0, 0.05) is 0 Å². The van der Waals surface area contributed by atoms with Crippen LogP contribution >= 0.6 is 11.6 Å². The Morgan fingerprint density at radius 2 is 2.07 bits per heavy atom. The predicted molar refractivity (Wildman–Crippen MR) is 56.8 cm³/mol. The van der Waals surface area contributed by atoms with E-state index in [2.05, 4.69) is 4.74 Å². The molecule has 0 aliphatic heterocycles. The van der Waals surface area contributed by atoms with Crippen molar-refractivity contribution in [3.05, 3.63) is 35.4 Å². The summed E-state index contributed by atoms with van der Waals surface area (Å²) < 4.78 is 4.31. The molecule has 0 radical (unpaired) electrons. The van der Waals surface area contributed by atoms with Crippen molar-refractivity contribution in [3.63, 3.8) is 0 Å². The highest BCUT2D eigenvalue weighted by atomic mass is 35.5. The summed E-state index contributed by atoms with van der Waals surface area (Å²) in [7, 11) is 1.15. The Balaban J connectivity index is 2.89. The van der Waals surface area contributed by atoms with E-state index in [0.717, 1.165) is 12.7 Å². The standard InChI is InChI=1S/C11H11ClO3/c1-7-4-3-5-8(6-7)9(12)10(13)11(14)15-2/h3-6,9H,1-2H3/t9-/m0/s1. The quantitative estimate of drug-likeness (QED) is 0.450. The van der Waals surface area contributed by atoms with E-state index in [4.69, 9.17) is 11.6 Å². The Bertz CT molecular complexity index is 387. The molecule has 0 heterocycles. The number of ketones is 1. The second-order valence-corrected chi connectivity index (χ2v) is 3.57. The second kappa shape index (κ2) is 4.94. The molecule has 0 N–H and O–H groups in total. The van der Waals surface area contributed by atoms with E-state index >= 15 is 0 Å². The Morgan fingerprint density at radius 1 is 1.40 bits per heavy atom. The average molecular weight is 227 g/mol. The zero-order valence-corrected chi connectivity index (χ0v) is 9.25. The number of halogens is 1. The minimum absolute atomic E-state index is 0.604. The molecule has 0 saturated carbocycles. The summed E-state index contributed by atoms with van der Waals surface area (Å²) in [4.78, 5) is 22.3. The van der Waals surface area contributed by atoms with Crippen LogP contribution in [0.25, 0.3) is 0 Å². The first-order valence-corrected chi connectivity index (χ1v) is 4.82. The molecule has 1 atom stereocenters. The van der Waals surface area contributed by atoms with Gasteiger partial charge in [0.05, 0.1) is 7.11 Å². The van der Waals surface area contributed by atoms with Gasteiger partial charge in [-0.05, 0) is 12.5 Å². The minimum Gasteiger partial charge on any atom is -0.463 e. The first-order chi connectivity index (χ1) is 7.06. The Labute approximate surface area is 93.0 Å². The van der Waals surface area contributed by atoms with E-state index in [1.165, 1.54) is 0 Å². The number of benzene rings is 1. The molecule has 0 aliphatic rings. The van der Waals surface area contributed by atoms with Crippen LogP contribution in [0.4, 0.5) is 0 Å². The second-order valence-electron chi connectivity index (χ2n) is 3.13. The summed E-state index contributed by atoms with van der Waals surface area (Å²) in [6.45, 7) is 1.88. The fourth-order valence-corrected chi connectivity index (χ4v) is 1.41. The third kappa shape index (κ3) is 2.80. The Kier molecular flexibility index (Phi) is 3.86. The van der Waals surface area contributed by atoms with Gasteiger partial charge in [0.15, 0.2) is 0 Å². The smallest absolute Gasteiger partial charge is 0.376 e. The third-order valence-corrected chi connectivity index (χ3v) is 2.40. The zero-order valence-electron chi connectivity index (χ0n) is 8.49. The first-order valence-electron chi connectivity index (χ1n) is 4.39. The van der Waals surface area contributed by atoms with Crippen molar-refractivity contribution in [1.29, 1.82) is 0 Å². The van der Waals surface area contributed by atoms with Gasteiger partial charge in [-0.1, -0.05) is 29.8 Å². The fourth-order valence-electron chi connectivity index (χ4n) is 1.18. The van der Waals surface area contributed by atoms with Crippen molar-refractivity contribution in [2.24, 2.45) is 0 Å². The van der Waals surface area contributed by atoms with Crippen LogP contribution in [0, 0.1) is 6.92 Å². The van der Waals surface area contributed by atoms with Crippen molar-refractivity contribution in [2.75, 3.05) is 7.11 Å². The number of methoxy groups -OCH3 is 1. The molecule has 4 heteroatoms. The average Bonchev–Trinajstić information content (AvgIpc) is 2.26. The van der Waals surface area contributed by atoms with E-state index in [1.54, 1.807) is 18.2 Å². The van der Waals surface area contributed by atoms with Crippen molar-refractivity contribution >= 4 is 23.4 Å². The van der Waals surface area contributed by atoms with Crippen LogP contribution in [0.15, 0.2) is 24.3 Å². The molecule has 0 fully saturated rings. The van der Waals surface area contributed by atoms with Crippen LogP contribution in [-0.4, -0.2) is 18.9 Å². The number of ether oxygens (including phenoxy) is 1. The number of esters is 1. The summed E-state index contributed by atoms with van der Waals surface area (Å²) in [5, 5.41) is -0.975. The van der Waals surface area contributed by atoms with Gasteiger partial charge in [-0.25, -0.2) is 4.79 Å². The molecular formula is C11H11ClO3. The molecule has 1 aromatic rings. The monoisotopic (exact) mass is 226 g/mol. The van der Waals surface area contributed by atoms with E-state index in [1.807, 2.05) is 13.0 Å². The lowest BCUT2D eigenvalue weighted by Crippen LogP contribution is -2.20. The number of hydrogen-bond acceptors (Lipinski definition) is 3. The molecule has 0 saturated heterocycles. The summed E-state index contributed by atoms with van der Waals surface area (Å²) >= 11 is 5.85. The molecule has 0 bridgehead atoms. The van der Waals surface area contributed by atoms with Gasteiger partial charge in [-0.2, -0.15) is 0 Å². The third-order valence-electron chi connectivity index (χ3n) is 1.95. The number of hydrogen-bond donors (Lipinski definition) is 0. The van der Waals surface area contributed by atoms with Crippen molar-refractivity contribution in [1.82, 2.24) is 0 Å². The van der Waals surface area contributed by atoms with E-state index in [0.29, 0.717) is 5.56 Å². The van der Waals surface area contributed by atoms with Crippen molar-refractivity contribution < 1.29 is 14.3 Å². The summed E-state index contributed by atoms with van der Waals surface area (Å²) in [5.41, 5.74) is 1.59. The summed E-state index contributed by atoms with van der Waals surface area (Å²) in [5.74, 6) is -1.67. The number of carbonyl (C=O) groups excluding carboxylic acids is 2. The minimum atomic E-state index is -0.975. The van der Waals surface area contributed by atoms with Gasteiger partial charge in [0.1, 0.15) is 5.38 Å². The normalized spacial score (nSPS) is 11.9. The maximum Gasteiger partial charge on any atom is 0.376 e. The molecule has 0 amide bonds. The highest BCUT2D eigenvalue weighted by Crippen LogP contribution is 2.22. The summed E-state index contributed by atoms with van der Waals surface area (Å²) in [6, 6.07) is 7.13. The number of rotatable bonds is 3. The maximum atomic E-state index is 11.4. The molecule has 80 valence electrons. The van der Waals surface area contributed by atoms with E-state index in [-0.39, 0.29) is 0 Å². The van der Waals surface area contributed by atoms with Crippen molar-refractivity contribution in [3.8, 4) is 0 Å². The molecule has 0 spiro atoms. The lowest BCUT2D eigenvalue weighted by molar-refractivity contribution is -0.151. The highest BCUT2D eigenvalue weighted by Gasteiger charge is 2.25. The SMILES string of the molecule is COC(=O)C(=O)[C@@H](Cl)c1cccc(C)c1. The molecule has 1 aromatic carbocycles. The molecular weight excluding hydrogens is 216 g/mol. The Morgan fingerprint density at radius 3 is 2.60 bits per heavy atom. The number of aryl methyl sites for hydroxylation is 1. The largest absolute Gasteiger partial charge is 0.463 e. The van der Waals surface area contributed by atoms with Gasteiger partial charge >= 0.3 is 5.97 Å². The van der Waals surface area contributed by atoms with E-state index in [9.17, 15) is 9.59 Å². The van der Waals surface area contributed by atoms with Crippen molar-refractivity contribution in [2.45, 2.75) is 12.3 Å². The van der Waals surface area contributed by atoms with Crippen LogP contribution in [-0.2, 0) is 14.3 Å². The number of carbonyl (C=O) groups is 2. The molecule has 15 heavy (non-hydrogen) atoms. The molecule has 1 rings (SSSR count). The van der Waals surface area contributed by atoms with Crippen LogP contribution in [0.3, 0.4) is 0 Å². The Hall–Kier alpha value is -1.35. The zero-order chi connectivity index (χ0) is 11.4. The van der Waals surface area contributed by atoms with Gasteiger partial charge in [-0.3, -0.25) is 4.79 Å². The van der Waals surface area contributed by atoms with Gasteiger partial charge in [0.2, 0.25) is 0 Å². The number of alkyl halides is 1. The van der Waals surface area contributed by atoms with Crippen LogP contribution < -0.4 is 0 Å². The topological polar surface area (TPSA) is 43.4 Å². The van der Waals surface area contributed by atoms with Crippen LogP contribution in [0.5, 0.6) is 0 Å². The molecule has 3 nitrogen and oxygen atoms in total. The van der Waals surface area contributed by atoms with Gasteiger partial charge in [-0.15, -0.1) is 11.6 Å². The lowest BCUT2D eigenvalue weighted by Gasteiger charge is -2.07. The van der Waals surface area contributed by atoms with Gasteiger partial charge in [0.25, 0.3) is 5.78 Å². The van der Waals surface area contributed by atoms with E-state index < -0.39 is 17.1 Å². The van der Waals surface area contributed by atoms with Gasteiger partial charge < -0.3 is 4.74 Å². The fraction of sp³-hybridized carbons (Fsp3) is 0.273. The molecule has 0 aromatic heterocycles. The number of Topliss-reactive ketones (excluding diaryl/α,β-unsaturated/α-hetero) is 1. The summed E-state index contributed by atoms with van der Waals surface area (Å²) in [6.07, 6.45) is 0. The maximum absolute atomic E-state index is 11.4. The van der Waals surface area contributed by atoms with Crippen LogP contribution in [0.2, 0.25) is 0 Å². The molecule has 0 aliphatic carbocycles. The van der Waals surface area contributed by atoms with Crippen LogP contribution in [0.1, 0.15) is 16.5 Å². The lowest BCUT2D eigenvalue weighted by atomic mass is 10.1. The highest BCUT2D eigenvalue weighted by molar-refractivity contribution is 6.47. The first kappa shape index (κ1) is 11.7.